The van der Waals surface area contributed by atoms with Crippen molar-refractivity contribution >= 4 is 12.6 Å². The van der Waals surface area contributed by atoms with Crippen LogP contribution < -0.4 is 0 Å². The summed E-state index contributed by atoms with van der Waals surface area (Å²) < 4.78 is 175. The number of ether oxygens (including phenoxy) is 1. The third-order valence-corrected chi connectivity index (χ3v) is 5.27. The van der Waals surface area contributed by atoms with Crippen molar-refractivity contribution in [2.75, 3.05) is 12.4 Å². The predicted octanol–water partition coefficient (Wildman–Crippen LogP) is 8.22. The van der Waals surface area contributed by atoms with Crippen LogP contribution in [0, 0.1) is 0 Å². The van der Waals surface area contributed by atoms with E-state index in [0.717, 1.165) is 37.9 Å². The summed E-state index contributed by atoms with van der Waals surface area (Å²) in [5.74, 6) is -27.7. The summed E-state index contributed by atoms with van der Waals surface area (Å²) in [6.07, 6.45) is -13.1. The molecule has 0 aromatic carbocycles. The third-order valence-electron chi connectivity index (χ3n) is 4.95. The molecule has 0 saturated carbocycles. The summed E-state index contributed by atoms with van der Waals surface area (Å²) in [6.45, 7) is -0.958. The van der Waals surface area contributed by atoms with Gasteiger partial charge in [0, 0.05) is 0 Å². The first-order valence-electron chi connectivity index (χ1n) is 10.4. The minimum absolute atomic E-state index is 0.154. The first-order chi connectivity index (χ1) is 15.5. The number of alkyl halides is 13. The van der Waals surface area contributed by atoms with Gasteiger partial charge in [0.2, 0.25) is 6.17 Å². The van der Waals surface area contributed by atoms with E-state index in [4.69, 9.17) is 0 Å². The van der Waals surface area contributed by atoms with Gasteiger partial charge in [0.05, 0.1) is 6.61 Å². The molecule has 0 aliphatic carbocycles. The summed E-state index contributed by atoms with van der Waals surface area (Å²) in [5.41, 5.74) is 0. The van der Waals surface area contributed by atoms with Crippen LogP contribution in [-0.4, -0.2) is 61.2 Å². The molecule has 0 heterocycles. The predicted molar refractivity (Wildman–Crippen MR) is 102 cm³/mol. The normalized spacial score (nSPS) is 16.7. The molecule has 0 aromatic rings. The van der Waals surface area contributed by atoms with Crippen molar-refractivity contribution in [3.05, 3.63) is 0 Å². The van der Waals surface area contributed by atoms with Crippen LogP contribution in [-0.2, 0) is 4.74 Å². The van der Waals surface area contributed by atoms with Gasteiger partial charge in [-0.2, -0.15) is 47.8 Å². The Labute approximate surface area is 194 Å². The molecule has 15 heteroatoms. The molecule has 1 nitrogen and oxygen atoms in total. The highest BCUT2D eigenvalue weighted by Gasteiger charge is 2.85. The van der Waals surface area contributed by atoms with Gasteiger partial charge in [0.1, 0.15) is 0 Å². The Balaban J connectivity index is 4.84. The molecule has 206 valence electrons. The van der Waals surface area contributed by atoms with E-state index in [1.807, 2.05) is 0 Å². The molecule has 0 spiro atoms. The molecule has 0 amide bonds. The Morgan fingerprint density at radius 3 is 1.35 bits per heavy atom. The van der Waals surface area contributed by atoms with Crippen molar-refractivity contribution in [3.63, 3.8) is 0 Å². The first kappa shape index (κ1) is 33.4. The number of unbranched alkanes of at least 4 members (excludes halogenated alkanes) is 8. The van der Waals surface area contributed by atoms with Gasteiger partial charge in [-0.25, -0.2) is 22.0 Å². The summed E-state index contributed by atoms with van der Waals surface area (Å²) >= 11 is 4.06. The van der Waals surface area contributed by atoms with E-state index in [1.165, 1.54) is 0 Å². The first-order valence-corrected chi connectivity index (χ1v) is 11.1. The second-order valence-electron chi connectivity index (χ2n) is 7.67. The van der Waals surface area contributed by atoms with Gasteiger partial charge in [-0.15, -0.1) is 0 Å². The van der Waals surface area contributed by atoms with Crippen molar-refractivity contribution in [1.29, 1.82) is 0 Å². The highest BCUT2D eigenvalue weighted by molar-refractivity contribution is 7.80. The van der Waals surface area contributed by atoms with Crippen LogP contribution in [0.5, 0.6) is 0 Å². The molecular weight excluding hydrogens is 523 g/mol. The van der Waals surface area contributed by atoms with Crippen molar-refractivity contribution < 1.29 is 61.8 Å². The molecule has 3 atom stereocenters. The van der Waals surface area contributed by atoms with Gasteiger partial charge in [-0.05, 0) is 18.6 Å². The van der Waals surface area contributed by atoms with Crippen molar-refractivity contribution in [1.82, 2.24) is 0 Å². The molecule has 0 fully saturated rings. The lowest BCUT2D eigenvalue weighted by molar-refractivity contribution is -0.402. The fourth-order valence-electron chi connectivity index (χ4n) is 2.80. The summed E-state index contributed by atoms with van der Waals surface area (Å²) in [4.78, 5) is 0. The topological polar surface area (TPSA) is 9.23 Å². The van der Waals surface area contributed by atoms with Crippen LogP contribution >= 0.6 is 12.6 Å². The quantitative estimate of drug-likeness (QED) is 0.0969. The molecule has 0 aliphatic rings. The smallest absolute Gasteiger partial charge is 0.343 e. The van der Waals surface area contributed by atoms with E-state index in [2.05, 4.69) is 17.4 Å². The van der Waals surface area contributed by atoms with E-state index in [9.17, 15) is 57.1 Å². The SMILES string of the molecule is FC(F)C(F)C(F)C(F)(F)C(F)(F)C(F)(F)C(F)(F)C(F)OCCCCCCCCCCCS. The standard InChI is InChI=1S/C19H27F13OS/c20-12(14(22)23)13(21)16(25,26)18(29,30)19(31,32)17(27,28)15(24)33-10-8-6-4-2-1-3-5-7-9-11-34/h12-15,34H,1-11H2. The molecule has 0 N–H and O–H groups in total. The zero-order valence-corrected chi connectivity index (χ0v) is 18.8. The second-order valence-corrected chi connectivity index (χ2v) is 8.12. The summed E-state index contributed by atoms with van der Waals surface area (Å²) in [6, 6.07) is 0. The van der Waals surface area contributed by atoms with Gasteiger partial charge in [0.25, 0.3) is 12.8 Å². The molecule has 3 unspecified atom stereocenters. The van der Waals surface area contributed by atoms with E-state index in [0.29, 0.717) is 12.8 Å². The van der Waals surface area contributed by atoms with Gasteiger partial charge in [0.15, 0.2) is 6.17 Å². The highest BCUT2D eigenvalue weighted by Crippen LogP contribution is 2.56. The van der Waals surface area contributed by atoms with E-state index < -0.39 is 55.4 Å². The largest absolute Gasteiger partial charge is 0.383 e. The maximum Gasteiger partial charge on any atom is 0.383 e. The lowest BCUT2D eigenvalue weighted by atomic mass is 9.93. The number of hydrogen-bond acceptors (Lipinski definition) is 2. The number of rotatable bonds is 19. The van der Waals surface area contributed by atoms with Crippen molar-refractivity contribution in [2.24, 2.45) is 0 Å². The lowest BCUT2D eigenvalue weighted by Gasteiger charge is -2.38. The zero-order chi connectivity index (χ0) is 26.8. The fraction of sp³-hybridized carbons (Fsp3) is 1.00. The van der Waals surface area contributed by atoms with Crippen LogP contribution in [0.2, 0.25) is 0 Å². The molecule has 0 saturated heterocycles. The molecule has 0 aliphatic heterocycles. The van der Waals surface area contributed by atoms with Gasteiger partial charge in [-0.1, -0.05) is 44.9 Å². The third kappa shape index (κ3) is 8.22. The maximum absolute atomic E-state index is 13.6. The molecule has 34 heavy (non-hydrogen) atoms. The highest BCUT2D eigenvalue weighted by atomic mass is 32.1. The Morgan fingerprint density at radius 2 is 0.941 bits per heavy atom. The average molecular weight is 550 g/mol. The maximum atomic E-state index is 13.6. The Hall–Kier alpha value is -0.600. The van der Waals surface area contributed by atoms with Gasteiger partial charge >= 0.3 is 23.7 Å². The Bertz CT molecular complexity index is 562. The fourth-order valence-corrected chi connectivity index (χ4v) is 3.03. The van der Waals surface area contributed by atoms with Crippen LogP contribution in [0.4, 0.5) is 57.1 Å². The molecular formula is C19H27F13OS. The molecule has 0 bridgehead atoms. The molecule has 0 aromatic heterocycles. The van der Waals surface area contributed by atoms with E-state index >= 15 is 0 Å². The lowest BCUT2D eigenvalue weighted by Crippen LogP contribution is -2.68. The monoisotopic (exact) mass is 550 g/mol. The van der Waals surface area contributed by atoms with Gasteiger partial charge in [-0.3, -0.25) is 0 Å². The molecule has 0 radical (unpaired) electrons. The van der Waals surface area contributed by atoms with Crippen LogP contribution in [0.25, 0.3) is 0 Å². The van der Waals surface area contributed by atoms with Crippen LogP contribution in [0.3, 0.4) is 0 Å². The summed E-state index contributed by atoms with van der Waals surface area (Å²) in [7, 11) is 0. The summed E-state index contributed by atoms with van der Waals surface area (Å²) in [5, 5.41) is 0. The number of halogens is 13. The minimum Gasteiger partial charge on any atom is -0.343 e. The van der Waals surface area contributed by atoms with Crippen LogP contribution in [0.1, 0.15) is 57.8 Å². The van der Waals surface area contributed by atoms with Crippen molar-refractivity contribution in [3.8, 4) is 0 Å². The van der Waals surface area contributed by atoms with E-state index in [1.54, 1.807) is 0 Å². The van der Waals surface area contributed by atoms with Crippen LogP contribution in [0.15, 0.2) is 0 Å². The Morgan fingerprint density at radius 1 is 0.559 bits per heavy atom. The van der Waals surface area contributed by atoms with Crippen molar-refractivity contribution in [2.45, 2.75) is 107 Å². The second kappa shape index (κ2) is 14.2. The number of hydrogen-bond donors (Lipinski definition) is 1. The Kier molecular flexibility index (Phi) is 14.0. The van der Waals surface area contributed by atoms with E-state index in [-0.39, 0.29) is 12.8 Å². The average Bonchev–Trinajstić information content (AvgIpc) is 2.75. The van der Waals surface area contributed by atoms with Gasteiger partial charge < -0.3 is 4.74 Å². The molecule has 0 rings (SSSR count). The minimum atomic E-state index is -7.46. The zero-order valence-electron chi connectivity index (χ0n) is 17.9. The number of thiol groups is 1.